The van der Waals surface area contributed by atoms with Crippen LogP contribution in [0.25, 0.3) is 0 Å². The maximum Gasteiger partial charge on any atom is 0.206 e. The number of aryl methyl sites for hydroxylation is 1. The molecule has 4 nitrogen and oxygen atoms in total. The van der Waals surface area contributed by atoms with Crippen molar-refractivity contribution < 1.29 is 8.42 Å². The summed E-state index contributed by atoms with van der Waals surface area (Å²) in [6, 6.07) is 12.4. The maximum absolute atomic E-state index is 12.8. The fraction of sp³-hybridized carbons (Fsp3) is 0.333. The Hall–Kier alpha value is -1.85. The Morgan fingerprint density at radius 3 is 2.35 bits per heavy atom. The fourth-order valence-corrected chi connectivity index (χ4v) is 4.48. The van der Waals surface area contributed by atoms with Gasteiger partial charge in [0.05, 0.1) is 9.79 Å². The van der Waals surface area contributed by atoms with E-state index >= 15 is 0 Å². The van der Waals surface area contributed by atoms with Gasteiger partial charge in [-0.25, -0.2) is 8.42 Å². The zero-order valence-electron chi connectivity index (χ0n) is 13.5. The minimum atomic E-state index is -3.47. The predicted molar refractivity (Wildman–Crippen MR) is 92.8 cm³/mol. The molecule has 1 aliphatic heterocycles. The van der Waals surface area contributed by atoms with Crippen molar-refractivity contribution in [2.24, 2.45) is 0 Å². The molecular weight excluding hydrogens is 308 g/mol. The summed E-state index contributed by atoms with van der Waals surface area (Å²) in [5.74, 6) is 0.488. The van der Waals surface area contributed by atoms with Gasteiger partial charge in [0.25, 0.3) is 0 Å². The monoisotopic (exact) mass is 330 g/mol. The Morgan fingerprint density at radius 1 is 1.09 bits per heavy atom. The first-order chi connectivity index (χ1) is 11.0. The molecule has 2 aromatic rings. The van der Waals surface area contributed by atoms with Gasteiger partial charge in [0, 0.05) is 19.3 Å². The number of sulfone groups is 1. The summed E-state index contributed by atoms with van der Waals surface area (Å²) in [6.07, 6.45) is 1.11. The quantitative estimate of drug-likeness (QED) is 0.905. The van der Waals surface area contributed by atoms with Crippen LogP contribution in [0.1, 0.15) is 23.5 Å². The van der Waals surface area contributed by atoms with Crippen molar-refractivity contribution in [1.82, 2.24) is 5.32 Å². The SMILES string of the molecule is CNc1ccc(S(=O)(=O)c2ccc(C3CCNC3)c(C)c2)cc1. The molecule has 1 atom stereocenters. The number of hydrogen-bond donors (Lipinski definition) is 2. The van der Waals surface area contributed by atoms with E-state index in [-0.39, 0.29) is 0 Å². The molecule has 1 unspecified atom stereocenters. The Labute approximate surface area is 137 Å². The summed E-state index contributed by atoms with van der Waals surface area (Å²) < 4.78 is 25.6. The highest BCUT2D eigenvalue weighted by atomic mass is 32.2. The normalized spacial score (nSPS) is 18.1. The molecule has 3 rings (SSSR count). The zero-order valence-corrected chi connectivity index (χ0v) is 14.3. The summed E-state index contributed by atoms with van der Waals surface area (Å²) in [6.45, 7) is 4.00. The van der Waals surface area contributed by atoms with Gasteiger partial charge in [-0.05, 0) is 73.3 Å². The lowest BCUT2D eigenvalue weighted by Crippen LogP contribution is -2.09. The van der Waals surface area contributed by atoms with Crippen molar-refractivity contribution in [3.05, 3.63) is 53.6 Å². The maximum atomic E-state index is 12.8. The van der Waals surface area contributed by atoms with E-state index in [9.17, 15) is 8.42 Å². The Morgan fingerprint density at radius 2 is 1.78 bits per heavy atom. The molecule has 0 bridgehead atoms. The molecule has 0 spiro atoms. The van der Waals surface area contributed by atoms with E-state index in [0.29, 0.717) is 15.7 Å². The van der Waals surface area contributed by atoms with E-state index in [4.69, 9.17) is 0 Å². The first-order valence-electron chi connectivity index (χ1n) is 7.86. The molecule has 0 amide bonds. The van der Waals surface area contributed by atoms with E-state index < -0.39 is 9.84 Å². The van der Waals surface area contributed by atoms with Crippen LogP contribution in [0.4, 0.5) is 5.69 Å². The summed E-state index contributed by atoms with van der Waals surface area (Å²) in [7, 11) is -1.66. The third-order valence-electron chi connectivity index (χ3n) is 4.50. The summed E-state index contributed by atoms with van der Waals surface area (Å²) in [4.78, 5) is 0.688. The largest absolute Gasteiger partial charge is 0.388 e. The van der Waals surface area contributed by atoms with Crippen LogP contribution < -0.4 is 10.6 Å². The number of hydrogen-bond acceptors (Lipinski definition) is 4. The molecular formula is C18H22N2O2S. The molecule has 122 valence electrons. The van der Waals surface area contributed by atoms with Crippen molar-refractivity contribution in [2.45, 2.75) is 29.1 Å². The minimum absolute atomic E-state index is 0.325. The Balaban J connectivity index is 1.94. The number of rotatable bonds is 4. The van der Waals surface area contributed by atoms with Crippen LogP contribution >= 0.6 is 0 Å². The predicted octanol–water partition coefficient (Wildman–Crippen LogP) is 2.95. The van der Waals surface area contributed by atoms with Gasteiger partial charge < -0.3 is 10.6 Å². The summed E-state index contributed by atoms with van der Waals surface area (Å²) >= 11 is 0. The number of benzene rings is 2. The molecule has 1 saturated heterocycles. The van der Waals surface area contributed by atoms with Crippen molar-refractivity contribution in [2.75, 3.05) is 25.5 Å². The molecule has 0 saturated carbocycles. The van der Waals surface area contributed by atoms with E-state index in [0.717, 1.165) is 30.8 Å². The smallest absolute Gasteiger partial charge is 0.206 e. The third kappa shape index (κ3) is 3.12. The van der Waals surface area contributed by atoms with Gasteiger partial charge in [-0.3, -0.25) is 0 Å². The second-order valence-corrected chi connectivity index (χ2v) is 7.94. The lowest BCUT2D eigenvalue weighted by Gasteiger charge is -2.14. The summed E-state index contributed by atoms with van der Waals surface area (Å²) in [5, 5.41) is 6.35. The molecule has 23 heavy (non-hydrogen) atoms. The highest BCUT2D eigenvalue weighted by Gasteiger charge is 2.22. The number of nitrogens with one attached hydrogen (secondary N) is 2. The van der Waals surface area contributed by atoms with Crippen molar-refractivity contribution in [1.29, 1.82) is 0 Å². The zero-order chi connectivity index (χ0) is 16.4. The van der Waals surface area contributed by atoms with Gasteiger partial charge in [0.15, 0.2) is 0 Å². The Bertz CT molecular complexity index is 792. The van der Waals surface area contributed by atoms with E-state index in [1.807, 2.05) is 20.0 Å². The topological polar surface area (TPSA) is 58.2 Å². The van der Waals surface area contributed by atoms with Gasteiger partial charge in [-0.2, -0.15) is 0 Å². The van der Waals surface area contributed by atoms with E-state index in [1.54, 1.807) is 36.4 Å². The van der Waals surface area contributed by atoms with E-state index in [1.165, 1.54) is 5.56 Å². The molecule has 2 N–H and O–H groups in total. The van der Waals surface area contributed by atoms with Gasteiger partial charge in [-0.15, -0.1) is 0 Å². The second-order valence-electron chi connectivity index (χ2n) is 5.99. The second kappa shape index (κ2) is 6.34. The van der Waals surface area contributed by atoms with E-state index in [2.05, 4.69) is 10.6 Å². The van der Waals surface area contributed by atoms with Gasteiger partial charge >= 0.3 is 0 Å². The van der Waals surface area contributed by atoms with Crippen molar-refractivity contribution in [3.63, 3.8) is 0 Å². The molecule has 5 heteroatoms. The van der Waals surface area contributed by atoms with Gasteiger partial charge in [0.1, 0.15) is 0 Å². The van der Waals surface area contributed by atoms with Crippen molar-refractivity contribution >= 4 is 15.5 Å². The van der Waals surface area contributed by atoms with Gasteiger partial charge in [-0.1, -0.05) is 6.07 Å². The molecule has 1 heterocycles. The minimum Gasteiger partial charge on any atom is -0.388 e. The van der Waals surface area contributed by atoms with Crippen LogP contribution in [0, 0.1) is 6.92 Å². The van der Waals surface area contributed by atoms with Gasteiger partial charge in [0.2, 0.25) is 9.84 Å². The Kier molecular flexibility index (Phi) is 4.41. The first-order valence-corrected chi connectivity index (χ1v) is 9.35. The highest BCUT2D eigenvalue weighted by Crippen LogP contribution is 2.29. The molecule has 0 aromatic heterocycles. The number of anilines is 1. The third-order valence-corrected chi connectivity index (χ3v) is 6.27. The average Bonchev–Trinajstić information content (AvgIpc) is 3.09. The molecule has 0 radical (unpaired) electrons. The lowest BCUT2D eigenvalue weighted by atomic mass is 9.94. The standard InChI is InChI=1S/C18H22N2O2S/c1-13-11-17(7-8-18(13)14-9-10-20-12-14)23(21,22)16-5-3-15(19-2)4-6-16/h3-8,11,14,19-20H,9-10,12H2,1-2H3. The molecule has 0 aliphatic carbocycles. The summed E-state index contributed by atoms with van der Waals surface area (Å²) in [5.41, 5.74) is 3.19. The highest BCUT2D eigenvalue weighted by molar-refractivity contribution is 7.91. The van der Waals surface area contributed by atoms with Crippen LogP contribution in [0.5, 0.6) is 0 Å². The van der Waals surface area contributed by atoms with Crippen LogP contribution in [0.15, 0.2) is 52.3 Å². The molecule has 2 aromatic carbocycles. The molecule has 1 fully saturated rings. The average molecular weight is 330 g/mol. The van der Waals surface area contributed by atoms with Crippen LogP contribution in [0.2, 0.25) is 0 Å². The van der Waals surface area contributed by atoms with Crippen LogP contribution in [0.3, 0.4) is 0 Å². The van der Waals surface area contributed by atoms with Crippen LogP contribution in [-0.2, 0) is 9.84 Å². The fourth-order valence-electron chi connectivity index (χ4n) is 3.13. The lowest BCUT2D eigenvalue weighted by molar-refractivity contribution is 0.596. The molecule has 1 aliphatic rings. The van der Waals surface area contributed by atoms with Crippen LogP contribution in [-0.4, -0.2) is 28.6 Å². The first kappa shape index (κ1) is 16.0. The van der Waals surface area contributed by atoms with Crippen molar-refractivity contribution in [3.8, 4) is 0 Å².